The minimum atomic E-state index is 0.496. The van der Waals surface area contributed by atoms with Gasteiger partial charge < -0.3 is 0 Å². The van der Waals surface area contributed by atoms with Crippen molar-refractivity contribution in [2.24, 2.45) is 0 Å². The van der Waals surface area contributed by atoms with Gasteiger partial charge in [0.15, 0.2) is 5.82 Å². The molecule has 0 atom stereocenters. The zero-order valence-corrected chi connectivity index (χ0v) is 17.6. The Balaban J connectivity index is 1.37. The van der Waals surface area contributed by atoms with Gasteiger partial charge in [0.1, 0.15) is 5.82 Å². The van der Waals surface area contributed by atoms with Crippen LogP contribution in [0.2, 0.25) is 0 Å². The fourth-order valence-electron chi connectivity index (χ4n) is 3.76. The van der Waals surface area contributed by atoms with Crippen LogP contribution in [-0.4, -0.2) is 24.5 Å². The minimum Gasteiger partial charge on any atom is -0.268 e. The maximum atomic E-state index is 4.92. The molecule has 1 fully saturated rings. The molecule has 0 unspecified atom stereocenters. The first-order valence-electron chi connectivity index (χ1n) is 10.8. The Morgan fingerprint density at radius 2 is 1.73 bits per heavy atom. The van der Waals surface area contributed by atoms with Crippen LogP contribution in [0.1, 0.15) is 61.2 Å². The second kappa shape index (κ2) is 7.90. The van der Waals surface area contributed by atoms with Crippen molar-refractivity contribution in [2.45, 2.75) is 51.6 Å². The molecule has 1 aliphatic rings. The first-order valence-corrected chi connectivity index (χ1v) is 10.8. The van der Waals surface area contributed by atoms with Gasteiger partial charge in [-0.25, -0.2) is 9.67 Å². The lowest BCUT2D eigenvalue weighted by Gasteiger charge is -2.04. The number of aromatic nitrogens is 5. The molecule has 0 amide bonds. The van der Waals surface area contributed by atoms with Crippen molar-refractivity contribution in [3.05, 3.63) is 89.5 Å². The van der Waals surface area contributed by atoms with E-state index in [2.05, 4.69) is 78.4 Å². The Hall–Kier alpha value is -3.21. The highest BCUT2D eigenvalue weighted by Gasteiger charge is 2.28. The van der Waals surface area contributed by atoms with Gasteiger partial charge in [-0.05, 0) is 35.4 Å². The zero-order chi connectivity index (χ0) is 20.5. The molecule has 4 aromatic rings. The molecule has 5 nitrogen and oxygen atoms in total. The molecule has 5 heteroatoms. The molecule has 0 N–H and O–H groups in total. The SMILES string of the molecule is CC(C)c1ccc(-c2nc(Cc3cnn(Cc4ccccc4)c3)n(C3CC3)n2)cc1. The molecule has 0 bridgehead atoms. The molecular formula is C25H27N5. The maximum absolute atomic E-state index is 4.92. The number of hydrogen-bond acceptors (Lipinski definition) is 3. The molecule has 2 aromatic carbocycles. The molecule has 0 aliphatic heterocycles. The lowest BCUT2D eigenvalue weighted by Crippen LogP contribution is -2.04. The Bertz CT molecular complexity index is 1120. The number of hydrogen-bond donors (Lipinski definition) is 0. The molecule has 1 saturated carbocycles. The number of rotatable bonds is 7. The first kappa shape index (κ1) is 18.8. The maximum Gasteiger partial charge on any atom is 0.181 e. The molecule has 0 spiro atoms. The van der Waals surface area contributed by atoms with Crippen molar-refractivity contribution >= 4 is 0 Å². The average Bonchev–Trinajstić information content (AvgIpc) is 3.38. The van der Waals surface area contributed by atoms with Gasteiger partial charge in [-0.1, -0.05) is 68.4 Å². The van der Waals surface area contributed by atoms with Crippen LogP contribution in [0.4, 0.5) is 0 Å². The molecule has 0 saturated heterocycles. The van der Waals surface area contributed by atoms with Crippen LogP contribution in [0.5, 0.6) is 0 Å². The lowest BCUT2D eigenvalue weighted by molar-refractivity contribution is 0.608. The van der Waals surface area contributed by atoms with Gasteiger partial charge in [0, 0.05) is 18.2 Å². The van der Waals surface area contributed by atoms with E-state index in [-0.39, 0.29) is 0 Å². The van der Waals surface area contributed by atoms with E-state index in [1.165, 1.54) is 29.5 Å². The van der Waals surface area contributed by atoms with Gasteiger partial charge in [0.25, 0.3) is 0 Å². The predicted molar refractivity (Wildman–Crippen MR) is 118 cm³/mol. The van der Waals surface area contributed by atoms with E-state index in [0.717, 1.165) is 30.2 Å². The summed E-state index contributed by atoms with van der Waals surface area (Å²) in [5.41, 5.74) is 4.84. The summed E-state index contributed by atoms with van der Waals surface area (Å²) in [4.78, 5) is 4.92. The number of nitrogens with zero attached hydrogens (tertiary/aromatic N) is 5. The highest BCUT2D eigenvalue weighted by molar-refractivity contribution is 5.55. The predicted octanol–water partition coefficient (Wildman–Crippen LogP) is 5.24. The fourth-order valence-corrected chi connectivity index (χ4v) is 3.76. The second-order valence-electron chi connectivity index (χ2n) is 8.51. The van der Waals surface area contributed by atoms with Gasteiger partial charge in [-0.3, -0.25) is 4.68 Å². The van der Waals surface area contributed by atoms with E-state index in [1.54, 1.807) is 0 Å². The topological polar surface area (TPSA) is 48.5 Å². The molecule has 2 aromatic heterocycles. The summed E-state index contributed by atoms with van der Waals surface area (Å²) in [6, 6.07) is 19.6. The Labute approximate surface area is 177 Å². The summed E-state index contributed by atoms with van der Waals surface area (Å²) >= 11 is 0. The molecule has 5 rings (SSSR count). The quantitative estimate of drug-likeness (QED) is 0.428. The van der Waals surface area contributed by atoms with Crippen molar-refractivity contribution in [1.29, 1.82) is 0 Å². The second-order valence-corrected chi connectivity index (χ2v) is 8.51. The van der Waals surface area contributed by atoms with Crippen LogP contribution in [0.15, 0.2) is 67.0 Å². The summed E-state index contributed by atoms with van der Waals surface area (Å²) in [6.07, 6.45) is 7.20. The lowest BCUT2D eigenvalue weighted by atomic mass is 10.0. The third-order valence-electron chi connectivity index (χ3n) is 5.67. The van der Waals surface area contributed by atoms with Gasteiger partial charge in [0.05, 0.1) is 18.8 Å². The van der Waals surface area contributed by atoms with Crippen molar-refractivity contribution in [3.8, 4) is 11.4 Å². The Morgan fingerprint density at radius 3 is 2.43 bits per heavy atom. The average molecular weight is 398 g/mol. The monoisotopic (exact) mass is 397 g/mol. The van der Waals surface area contributed by atoms with Crippen LogP contribution in [-0.2, 0) is 13.0 Å². The van der Waals surface area contributed by atoms with Gasteiger partial charge in [-0.2, -0.15) is 10.2 Å². The van der Waals surface area contributed by atoms with E-state index in [9.17, 15) is 0 Å². The summed E-state index contributed by atoms with van der Waals surface area (Å²) < 4.78 is 4.13. The van der Waals surface area contributed by atoms with Crippen LogP contribution >= 0.6 is 0 Å². The van der Waals surface area contributed by atoms with Crippen LogP contribution in [0.3, 0.4) is 0 Å². The van der Waals surface area contributed by atoms with Gasteiger partial charge in [0.2, 0.25) is 0 Å². The Kier molecular flexibility index (Phi) is 4.95. The summed E-state index contributed by atoms with van der Waals surface area (Å²) in [6.45, 7) is 5.21. The molecule has 0 radical (unpaired) electrons. The van der Waals surface area contributed by atoms with Crippen LogP contribution in [0, 0.1) is 0 Å². The molecule has 152 valence electrons. The summed E-state index contributed by atoms with van der Waals surface area (Å²) in [7, 11) is 0. The highest BCUT2D eigenvalue weighted by Crippen LogP contribution is 2.36. The third kappa shape index (κ3) is 4.06. The van der Waals surface area contributed by atoms with Crippen molar-refractivity contribution in [1.82, 2.24) is 24.5 Å². The molecular weight excluding hydrogens is 370 g/mol. The third-order valence-corrected chi connectivity index (χ3v) is 5.67. The van der Waals surface area contributed by atoms with Crippen molar-refractivity contribution in [3.63, 3.8) is 0 Å². The van der Waals surface area contributed by atoms with Crippen LogP contribution in [0.25, 0.3) is 11.4 Å². The van der Waals surface area contributed by atoms with E-state index in [0.29, 0.717) is 12.0 Å². The molecule has 2 heterocycles. The standard InChI is InChI=1S/C25H27N5/c1-18(2)21-8-10-22(11-9-21)25-27-24(30(28-25)23-12-13-23)14-20-15-26-29(17-20)16-19-6-4-3-5-7-19/h3-11,15,17-18,23H,12-14,16H2,1-2H3. The number of benzene rings is 2. The van der Waals surface area contributed by atoms with E-state index < -0.39 is 0 Å². The van der Waals surface area contributed by atoms with E-state index in [4.69, 9.17) is 10.1 Å². The van der Waals surface area contributed by atoms with Crippen molar-refractivity contribution < 1.29 is 0 Å². The van der Waals surface area contributed by atoms with E-state index in [1.807, 2.05) is 16.9 Å². The van der Waals surface area contributed by atoms with Gasteiger partial charge >= 0.3 is 0 Å². The summed E-state index contributed by atoms with van der Waals surface area (Å²) in [5, 5.41) is 9.41. The Morgan fingerprint density at radius 1 is 0.967 bits per heavy atom. The normalized spacial score (nSPS) is 13.8. The molecule has 30 heavy (non-hydrogen) atoms. The molecule has 1 aliphatic carbocycles. The first-order chi connectivity index (χ1) is 14.7. The smallest absolute Gasteiger partial charge is 0.181 e. The zero-order valence-electron chi connectivity index (χ0n) is 17.6. The summed E-state index contributed by atoms with van der Waals surface area (Å²) in [5.74, 6) is 2.38. The highest BCUT2D eigenvalue weighted by atomic mass is 15.4. The van der Waals surface area contributed by atoms with E-state index >= 15 is 0 Å². The van der Waals surface area contributed by atoms with Gasteiger partial charge in [-0.15, -0.1) is 0 Å². The van der Waals surface area contributed by atoms with Crippen LogP contribution < -0.4 is 0 Å². The van der Waals surface area contributed by atoms with Crippen molar-refractivity contribution in [2.75, 3.05) is 0 Å². The minimum absolute atomic E-state index is 0.496. The largest absolute Gasteiger partial charge is 0.268 e. The fraction of sp³-hybridized carbons (Fsp3) is 0.320.